The Kier molecular flexibility index (Phi) is 5.54. The molecular formula is C38H28N2. The molecule has 6 aromatic carbocycles. The average Bonchev–Trinajstić information content (AvgIpc) is 3.24. The van der Waals surface area contributed by atoms with Gasteiger partial charge in [-0.25, -0.2) is 0 Å². The van der Waals surface area contributed by atoms with Crippen LogP contribution in [0, 0.1) is 11.3 Å². The quantitative estimate of drug-likeness (QED) is 0.170. The first-order valence-corrected chi connectivity index (χ1v) is 13.7. The second kappa shape index (κ2) is 9.26. The average molecular weight is 513 g/mol. The minimum absolute atomic E-state index is 0.0146. The topological polar surface area (TPSA) is 27.0 Å². The van der Waals surface area contributed by atoms with Crippen LogP contribution in [-0.4, -0.2) is 0 Å². The Hall–Kier alpha value is -5.13. The molecule has 0 N–H and O–H groups in total. The molecule has 0 aromatic heterocycles. The zero-order chi connectivity index (χ0) is 27.3. The van der Waals surface area contributed by atoms with Crippen molar-refractivity contribution >= 4 is 50.8 Å². The van der Waals surface area contributed by atoms with Gasteiger partial charge in [-0.1, -0.05) is 92.7 Å². The molecule has 2 heteroatoms. The van der Waals surface area contributed by atoms with Crippen LogP contribution >= 0.6 is 0 Å². The van der Waals surface area contributed by atoms with E-state index in [2.05, 4.69) is 116 Å². The van der Waals surface area contributed by atoms with Gasteiger partial charge in [0.25, 0.3) is 0 Å². The second-order valence-corrected chi connectivity index (χ2v) is 11.0. The Morgan fingerprint density at radius 1 is 0.575 bits per heavy atom. The maximum absolute atomic E-state index is 9.24. The lowest BCUT2D eigenvalue weighted by molar-refractivity contribution is 0.662. The van der Waals surface area contributed by atoms with Gasteiger partial charge < -0.3 is 4.90 Å². The maximum Gasteiger partial charge on any atom is 0.0991 e. The van der Waals surface area contributed by atoms with Crippen LogP contribution in [0.25, 0.3) is 33.7 Å². The minimum atomic E-state index is -0.0146. The molecule has 0 atom stereocenters. The first-order chi connectivity index (χ1) is 19.5. The van der Waals surface area contributed by atoms with Crippen molar-refractivity contribution in [3.05, 3.63) is 149 Å². The molecule has 0 amide bonds. The number of hydrogen-bond acceptors (Lipinski definition) is 2. The molecule has 0 aliphatic heterocycles. The number of nitriles is 1. The lowest BCUT2D eigenvalue weighted by Gasteiger charge is -2.25. The fourth-order valence-corrected chi connectivity index (χ4v) is 6.16. The van der Waals surface area contributed by atoms with Crippen LogP contribution in [0.5, 0.6) is 0 Å². The summed E-state index contributed by atoms with van der Waals surface area (Å²) in [4.78, 5) is 2.21. The van der Waals surface area contributed by atoms with E-state index in [4.69, 9.17) is 0 Å². The monoisotopic (exact) mass is 512 g/mol. The molecule has 190 valence electrons. The summed E-state index contributed by atoms with van der Waals surface area (Å²) >= 11 is 0. The molecule has 40 heavy (non-hydrogen) atoms. The smallest absolute Gasteiger partial charge is 0.0991 e. The zero-order valence-electron chi connectivity index (χ0n) is 22.6. The molecule has 6 aromatic rings. The van der Waals surface area contributed by atoms with Gasteiger partial charge >= 0.3 is 0 Å². The van der Waals surface area contributed by atoms with E-state index in [9.17, 15) is 5.26 Å². The zero-order valence-corrected chi connectivity index (χ0v) is 22.6. The van der Waals surface area contributed by atoms with Gasteiger partial charge in [0.15, 0.2) is 0 Å². The molecule has 0 radical (unpaired) electrons. The lowest BCUT2D eigenvalue weighted by atomic mass is 9.81. The Balaban J connectivity index is 1.22. The van der Waals surface area contributed by atoms with Crippen molar-refractivity contribution in [3.63, 3.8) is 0 Å². The highest BCUT2D eigenvalue weighted by atomic mass is 15.1. The van der Waals surface area contributed by atoms with Gasteiger partial charge in [0.2, 0.25) is 0 Å². The van der Waals surface area contributed by atoms with Crippen LogP contribution in [0.1, 0.15) is 41.7 Å². The number of hydrogen-bond donors (Lipinski definition) is 0. The van der Waals surface area contributed by atoms with Gasteiger partial charge in [-0.2, -0.15) is 5.26 Å². The summed E-state index contributed by atoms with van der Waals surface area (Å²) in [5.41, 5.74) is 8.99. The summed E-state index contributed by atoms with van der Waals surface area (Å²) in [5, 5.41) is 14.7. The third-order valence-corrected chi connectivity index (χ3v) is 8.22. The molecular weight excluding hydrogens is 484 g/mol. The van der Waals surface area contributed by atoms with E-state index in [0.29, 0.717) is 5.56 Å². The van der Waals surface area contributed by atoms with Crippen LogP contribution in [0.15, 0.2) is 121 Å². The molecule has 0 saturated heterocycles. The number of nitrogens with zero attached hydrogens (tertiary/aromatic N) is 2. The predicted octanol–water partition coefficient (Wildman–Crippen LogP) is 10.1. The SMILES string of the molecule is CC1(C)c2cccc3ccc4cc(C=Cc5ccc(N(c6ccccc6)c6ccc(C#N)cc6)cc5)cc1c4c23. The molecule has 1 aliphatic rings. The Labute approximate surface area is 235 Å². The summed E-state index contributed by atoms with van der Waals surface area (Å²) < 4.78 is 0. The molecule has 1 aliphatic carbocycles. The highest BCUT2D eigenvalue weighted by Crippen LogP contribution is 2.49. The summed E-state index contributed by atoms with van der Waals surface area (Å²) in [5.74, 6) is 0. The normalized spacial score (nSPS) is 13.3. The summed E-state index contributed by atoms with van der Waals surface area (Å²) in [7, 11) is 0. The van der Waals surface area contributed by atoms with Gasteiger partial charge in [-0.05, 0) is 98.4 Å². The maximum atomic E-state index is 9.24. The van der Waals surface area contributed by atoms with Crippen molar-refractivity contribution < 1.29 is 0 Å². The van der Waals surface area contributed by atoms with Gasteiger partial charge in [0.05, 0.1) is 11.6 Å². The summed E-state index contributed by atoms with van der Waals surface area (Å²) in [6, 6.07) is 44.8. The molecule has 0 spiro atoms. The van der Waals surface area contributed by atoms with Gasteiger partial charge in [-0.15, -0.1) is 0 Å². The largest absolute Gasteiger partial charge is 0.311 e. The number of anilines is 3. The third kappa shape index (κ3) is 3.87. The minimum Gasteiger partial charge on any atom is -0.311 e. The number of para-hydroxylation sites is 1. The summed E-state index contributed by atoms with van der Waals surface area (Å²) in [6.07, 6.45) is 4.42. The van der Waals surface area contributed by atoms with E-state index >= 15 is 0 Å². The molecule has 0 heterocycles. The fraction of sp³-hybridized carbons (Fsp3) is 0.0789. The first-order valence-electron chi connectivity index (χ1n) is 13.7. The van der Waals surface area contributed by atoms with Crippen LogP contribution in [-0.2, 0) is 5.41 Å². The third-order valence-electron chi connectivity index (χ3n) is 8.22. The van der Waals surface area contributed by atoms with Crippen LogP contribution < -0.4 is 4.90 Å². The van der Waals surface area contributed by atoms with E-state index in [-0.39, 0.29) is 5.41 Å². The van der Waals surface area contributed by atoms with Crippen molar-refractivity contribution in [2.75, 3.05) is 4.90 Å². The van der Waals surface area contributed by atoms with Crippen molar-refractivity contribution in [3.8, 4) is 6.07 Å². The predicted molar refractivity (Wildman–Crippen MR) is 168 cm³/mol. The standard InChI is InChI=1S/C38H28N2/c1-38(2)34-10-6-7-29-17-18-30-23-28(24-35(38)37(30)36(29)34)12-11-26-13-19-32(20-14-26)40(31-8-4-3-5-9-31)33-21-15-27(25-39)16-22-33/h3-24H,1-2H3. The van der Waals surface area contributed by atoms with E-state index in [1.165, 1.54) is 38.2 Å². The highest BCUT2D eigenvalue weighted by Gasteiger charge is 2.33. The molecule has 0 unspecified atom stereocenters. The van der Waals surface area contributed by atoms with E-state index < -0.39 is 0 Å². The van der Waals surface area contributed by atoms with Crippen LogP contribution in [0.3, 0.4) is 0 Å². The van der Waals surface area contributed by atoms with Crippen molar-refractivity contribution in [1.82, 2.24) is 0 Å². The van der Waals surface area contributed by atoms with Crippen molar-refractivity contribution in [1.29, 1.82) is 5.26 Å². The summed E-state index contributed by atoms with van der Waals surface area (Å²) in [6.45, 7) is 4.68. The van der Waals surface area contributed by atoms with E-state index in [1.54, 1.807) is 0 Å². The van der Waals surface area contributed by atoms with E-state index in [1.807, 2.05) is 42.5 Å². The molecule has 7 rings (SSSR count). The molecule has 0 bridgehead atoms. The van der Waals surface area contributed by atoms with Gasteiger partial charge in [-0.3, -0.25) is 0 Å². The molecule has 0 saturated carbocycles. The molecule has 0 fully saturated rings. The lowest BCUT2D eigenvalue weighted by Crippen LogP contribution is -2.15. The van der Waals surface area contributed by atoms with Crippen molar-refractivity contribution in [2.24, 2.45) is 0 Å². The van der Waals surface area contributed by atoms with Crippen molar-refractivity contribution in [2.45, 2.75) is 19.3 Å². The van der Waals surface area contributed by atoms with Gasteiger partial charge in [0.1, 0.15) is 0 Å². The number of rotatable bonds is 5. The first kappa shape index (κ1) is 23.9. The molecule has 2 nitrogen and oxygen atoms in total. The highest BCUT2D eigenvalue weighted by molar-refractivity contribution is 6.15. The Bertz CT molecular complexity index is 1960. The van der Waals surface area contributed by atoms with Crippen LogP contribution in [0.4, 0.5) is 17.1 Å². The fourth-order valence-electron chi connectivity index (χ4n) is 6.16. The second-order valence-electron chi connectivity index (χ2n) is 11.0. The Morgan fingerprint density at radius 2 is 1.20 bits per heavy atom. The van der Waals surface area contributed by atoms with Gasteiger partial charge in [0, 0.05) is 22.5 Å². The van der Waals surface area contributed by atoms with Crippen LogP contribution in [0.2, 0.25) is 0 Å². The van der Waals surface area contributed by atoms with E-state index in [0.717, 1.165) is 22.6 Å². The Morgan fingerprint density at radius 3 is 1.93 bits per heavy atom. The number of benzene rings is 6.